The fourth-order valence-corrected chi connectivity index (χ4v) is 1.70. The van der Waals surface area contributed by atoms with E-state index in [1.165, 1.54) is 0 Å². The van der Waals surface area contributed by atoms with E-state index in [-0.39, 0.29) is 11.9 Å². The second-order valence-corrected chi connectivity index (χ2v) is 4.26. The summed E-state index contributed by atoms with van der Waals surface area (Å²) in [5.41, 5.74) is 0. The fourth-order valence-electron chi connectivity index (χ4n) is 1.70. The molecule has 18 heavy (non-hydrogen) atoms. The average Bonchev–Trinajstić information content (AvgIpc) is 2.98. The molecule has 0 aliphatic carbocycles. The maximum absolute atomic E-state index is 11.7. The summed E-state index contributed by atoms with van der Waals surface area (Å²) in [4.78, 5) is 15.6. The van der Waals surface area contributed by atoms with Crippen LogP contribution in [0.15, 0.2) is 37.2 Å². The molecule has 0 aliphatic heterocycles. The van der Waals surface area contributed by atoms with Crippen LogP contribution in [-0.2, 0) is 17.9 Å². The zero-order valence-corrected chi connectivity index (χ0v) is 10.4. The predicted octanol–water partition coefficient (Wildman–Crippen LogP) is 0.675. The Balaban J connectivity index is 1.70. The van der Waals surface area contributed by atoms with Gasteiger partial charge in [0.05, 0.1) is 6.33 Å². The minimum atomic E-state index is 0.000894. The van der Waals surface area contributed by atoms with Crippen LogP contribution >= 0.6 is 0 Å². The van der Waals surface area contributed by atoms with Gasteiger partial charge in [0, 0.05) is 37.4 Å². The third kappa shape index (κ3) is 3.73. The number of amides is 1. The summed E-state index contributed by atoms with van der Waals surface area (Å²) in [7, 11) is 0. The highest BCUT2D eigenvalue weighted by atomic mass is 16.2. The van der Waals surface area contributed by atoms with Gasteiger partial charge >= 0.3 is 0 Å². The molecule has 0 aromatic carbocycles. The molecule has 0 aliphatic rings. The van der Waals surface area contributed by atoms with Gasteiger partial charge in [0.1, 0.15) is 6.54 Å². The van der Waals surface area contributed by atoms with Gasteiger partial charge in [0.25, 0.3) is 0 Å². The molecule has 2 aromatic heterocycles. The number of hydrogen-bond donors (Lipinski definition) is 1. The smallest absolute Gasteiger partial charge is 0.240 e. The first-order valence-electron chi connectivity index (χ1n) is 5.96. The van der Waals surface area contributed by atoms with E-state index in [2.05, 4.69) is 15.4 Å². The van der Waals surface area contributed by atoms with Crippen LogP contribution in [0.3, 0.4) is 0 Å². The third-order valence-electron chi connectivity index (χ3n) is 2.64. The van der Waals surface area contributed by atoms with Crippen LogP contribution in [0.1, 0.15) is 13.3 Å². The molecule has 0 saturated carbocycles. The number of carbonyl (C=O) groups is 1. The van der Waals surface area contributed by atoms with Gasteiger partial charge in [0.15, 0.2) is 0 Å². The number of rotatable bonds is 6. The molecule has 1 N–H and O–H groups in total. The number of nitrogens with one attached hydrogen (secondary N) is 1. The quantitative estimate of drug-likeness (QED) is 0.816. The Morgan fingerprint density at radius 2 is 2.28 bits per heavy atom. The Bertz CT molecular complexity index is 463. The minimum Gasteiger partial charge on any atom is -0.352 e. The highest BCUT2D eigenvalue weighted by molar-refractivity contribution is 5.75. The lowest BCUT2D eigenvalue weighted by Crippen LogP contribution is -2.35. The van der Waals surface area contributed by atoms with E-state index in [1.807, 2.05) is 23.9 Å². The normalized spacial score (nSPS) is 12.3. The third-order valence-corrected chi connectivity index (χ3v) is 2.64. The first kappa shape index (κ1) is 12.3. The van der Waals surface area contributed by atoms with Crippen LogP contribution in [0.25, 0.3) is 0 Å². The minimum absolute atomic E-state index is 0.000894. The molecule has 6 heteroatoms. The van der Waals surface area contributed by atoms with Gasteiger partial charge in [-0.1, -0.05) is 0 Å². The maximum Gasteiger partial charge on any atom is 0.240 e. The van der Waals surface area contributed by atoms with Gasteiger partial charge in [-0.15, -0.1) is 0 Å². The summed E-state index contributed by atoms with van der Waals surface area (Å²) in [6.45, 7) is 3.11. The van der Waals surface area contributed by atoms with Crippen molar-refractivity contribution in [1.82, 2.24) is 24.6 Å². The lowest BCUT2D eigenvalue weighted by atomic mass is 10.2. The molecular weight excluding hydrogens is 230 g/mol. The zero-order chi connectivity index (χ0) is 12.8. The number of nitrogens with zero attached hydrogens (tertiary/aromatic N) is 4. The fraction of sp³-hybridized carbons (Fsp3) is 0.417. The van der Waals surface area contributed by atoms with Crippen molar-refractivity contribution in [3.05, 3.63) is 37.2 Å². The Hall–Kier alpha value is -2.11. The molecule has 2 heterocycles. The Morgan fingerprint density at radius 3 is 2.94 bits per heavy atom. The Kier molecular flexibility index (Phi) is 4.11. The second kappa shape index (κ2) is 6.00. The molecule has 0 spiro atoms. The van der Waals surface area contributed by atoms with E-state index in [0.717, 1.165) is 13.0 Å². The lowest BCUT2D eigenvalue weighted by molar-refractivity contribution is -0.122. The standard InChI is InChI=1S/C12H17N5O/c1-11(3-7-17-6-2-4-14-17)15-12(18)9-16-8-5-13-10-16/h2,4-6,8,10-11H,3,7,9H2,1H3,(H,15,18)/t11-/m1/s1. The molecule has 96 valence electrons. The molecule has 0 saturated heterocycles. The van der Waals surface area contributed by atoms with E-state index in [0.29, 0.717) is 6.54 Å². The van der Waals surface area contributed by atoms with Gasteiger partial charge in [-0.3, -0.25) is 9.48 Å². The van der Waals surface area contributed by atoms with Crippen LogP contribution in [0.4, 0.5) is 0 Å². The van der Waals surface area contributed by atoms with Crippen LogP contribution < -0.4 is 5.32 Å². The molecule has 1 atom stereocenters. The summed E-state index contributed by atoms with van der Waals surface area (Å²) in [6, 6.07) is 2.02. The SMILES string of the molecule is C[C@H](CCn1cccn1)NC(=O)Cn1ccnc1. The Labute approximate surface area is 106 Å². The predicted molar refractivity (Wildman–Crippen MR) is 66.7 cm³/mol. The number of hydrogen-bond acceptors (Lipinski definition) is 3. The zero-order valence-electron chi connectivity index (χ0n) is 10.4. The highest BCUT2D eigenvalue weighted by Gasteiger charge is 2.07. The lowest BCUT2D eigenvalue weighted by Gasteiger charge is -2.14. The molecule has 0 bridgehead atoms. The summed E-state index contributed by atoms with van der Waals surface area (Å²) in [5, 5.41) is 7.07. The molecule has 2 aromatic rings. The van der Waals surface area contributed by atoms with E-state index in [9.17, 15) is 4.79 Å². The van der Waals surface area contributed by atoms with Crippen LogP contribution in [0.2, 0.25) is 0 Å². The molecule has 0 unspecified atom stereocenters. The van der Waals surface area contributed by atoms with Crippen LogP contribution in [-0.4, -0.2) is 31.3 Å². The van der Waals surface area contributed by atoms with Crippen LogP contribution in [0.5, 0.6) is 0 Å². The molecular formula is C12H17N5O. The second-order valence-electron chi connectivity index (χ2n) is 4.26. The molecule has 0 fully saturated rings. The van der Waals surface area contributed by atoms with Crippen molar-refractivity contribution in [2.24, 2.45) is 0 Å². The van der Waals surface area contributed by atoms with Crippen molar-refractivity contribution in [2.75, 3.05) is 0 Å². The van der Waals surface area contributed by atoms with Crippen molar-refractivity contribution in [3.63, 3.8) is 0 Å². The summed E-state index contributed by atoms with van der Waals surface area (Å²) >= 11 is 0. The molecule has 1 amide bonds. The summed E-state index contributed by atoms with van der Waals surface area (Å²) in [5.74, 6) is 0.000894. The van der Waals surface area contributed by atoms with Gasteiger partial charge in [-0.05, 0) is 19.4 Å². The monoisotopic (exact) mass is 247 g/mol. The van der Waals surface area contributed by atoms with Crippen LogP contribution in [0, 0.1) is 0 Å². The van der Waals surface area contributed by atoms with Gasteiger partial charge < -0.3 is 9.88 Å². The molecule has 2 rings (SSSR count). The van der Waals surface area contributed by atoms with Crippen molar-refractivity contribution in [2.45, 2.75) is 32.5 Å². The number of carbonyl (C=O) groups excluding carboxylic acids is 1. The van der Waals surface area contributed by atoms with Crippen molar-refractivity contribution in [3.8, 4) is 0 Å². The average molecular weight is 247 g/mol. The summed E-state index contributed by atoms with van der Waals surface area (Å²) < 4.78 is 3.61. The van der Waals surface area contributed by atoms with Gasteiger partial charge in [0.2, 0.25) is 5.91 Å². The van der Waals surface area contributed by atoms with E-state index < -0.39 is 0 Å². The van der Waals surface area contributed by atoms with Crippen molar-refractivity contribution >= 4 is 5.91 Å². The molecule has 0 radical (unpaired) electrons. The highest BCUT2D eigenvalue weighted by Crippen LogP contribution is 1.96. The Morgan fingerprint density at radius 1 is 1.39 bits per heavy atom. The van der Waals surface area contributed by atoms with Crippen molar-refractivity contribution in [1.29, 1.82) is 0 Å². The van der Waals surface area contributed by atoms with Crippen molar-refractivity contribution < 1.29 is 4.79 Å². The number of aromatic nitrogens is 4. The number of aryl methyl sites for hydroxylation is 1. The van der Waals surface area contributed by atoms with E-state index in [1.54, 1.807) is 29.5 Å². The largest absolute Gasteiger partial charge is 0.352 e. The summed E-state index contributed by atoms with van der Waals surface area (Å²) in [6.07, 6.45) is 9.59. The number of imidazole rings is 1. The van der Waals surface area contributed by atoms with Gasteiger partial charge in [-0.2, -0.15) is 5.10 Å². The van der Waals surface area contributed by atoms with E-state index in [4.69, 9.17) is 0 Å². The van der Waals surface area contributed by atoms with Gasteiger partial charge in [-0.25, -0.2) is 4.98 Å². The van der Waals surface area contributed by atoms with E-state index >= 15 is 0 Å². The molecule has 6 nitrogen and oxygen atoms in total. The first-order chi connectivity index (χ1) is 8.74. The first-order valence-corrected chi connectivity index (χ1v) is 5.96. The topological polar surface area (TPSA) is 64.7 Å². The maximum atomic E-state index is 11.7.